The summed E-state index contributed by atoms with van der Waals surface area (Å²) in [4.78, 5) is 16.5. The van der Waals surface area contributed by atoms with Crippen LogP contribution < -0.4 is 10.6 Å². The summed E-state index contributed by atoms with van der Waals surface area (Å²) in [5.74, 6) is 1.13. The van der Waals surface area contributed by atoms with Gasteiger partial charge in [-0.1, -0.05) is 31.4 Å². The Morgan fingerprint density at radius 3 is 2.85 bits per heavy atom. The molecule has 0 unspecified atom stereocenters. The molecule has 0 radical (unpaired) electrons. The van der Waals surface area contributed by atoms with Crippen molar-refractivity contribution < 1.29 is 4.79 Å². The molecule has 0 aromatic carbocycles. The fourth-order valence-electron chi connectivity index (χ4n) is 2.49. The van der Waals surface area contributed by atoms with Gasteiger partial charge in [-0.15, -0.1) is 0 Å². The largest absolute Gasteiger partial charge is 0.370 e. The zero-order chi connectivity index (χ0) is 14.4. The van der Waals surface area contributed by atoms with Crippen LogP contribution in [-0.2, 0) is 0 Å². The van der Waals surface area contributed by atoms with Gasteiger partial charge in [0.1, 0.15) is 11.5 Å². The number of carbonyl (C=O) groups excluding carboxylic acids is 1. The van der Waals surface area contributed by atoms with Crippen LogP contribution in [0.5, 0.6) is 0 Å². The van der Waals surface area contributed by atoms with E-state index in [0.717, 1.165) is 19.5 Å². The number of nitrogens with zero attached hydrogens (tertiary/aromatic N) is 1. The zero-order valence-electron chi connectivity index (χ0n) is 11.9. The molecule has 20 heavy (non-hydrogen) atoms. The van der Waals surface area contributed by atoms with Gasteiger partial charge in [-0.3, -0.25) is 4.79 Å². The summed E-state index contributed by atoms with van der Waals surface area (Å²) < 4.78 is 0. The minimum Gasteiger partial charge on any atom is -0.370 e. The third-order valence-electron chi connectivity index (χ3n) is 3.64. The standard InChI is InChI=1S/C15H22ClN3O/c1-2-9-17-13-8-7-12(16)14(19-13)15(20)18-10-11-5-3-4-6-11/h7-8,11H,2-6,9-10H2,1H3,(H,17,19)(H,18,20). The van der Waals surface area contributed by atoms with Crippen molar-refractivity contribution in [3.8, 4) is 0 Å². The first-order valence-corrected chi connectivity index (χ1v) is 7.77. The second-order valence-electron chi connectivity index (χ2n) is 5.31. The molecule has 1 aromatic heterocycles. The van der Waals surface area contributed by atoms with Crippen LogP contribution in [0.15, 0.2) is 12.1 Å². The molecule has 0 atom stereocenters. The molecule has 1 fully saturated rings. The lowest BCUT2D eigenvalue weighted by Gasteiger charge is -2.12. The van der Waals surface area contributed by atoms with Crippen LogP contribution in [0.25, 0.3) is 0 Å². The molecule has 0 aliphatic heterocycles. The predicted molar refractivity (Wildman–Crippen MR) is 82.3 cm³/mol. The van der Waals surface area contributed by atoms with Crippen LogP contribution in [0, 0.1) is 5.92 Å². The van der Waals surface area contributed by atoms with E-state index >= 15 is 0 Å². The highest BCUT2D eigenvalue weighted by Gasteiger charge is 2.18. The Morgan fingerprint density at radius 1 is 1.40 bits per heavy atom. The van der Waals surface area contributed by atoms with Crippen molar-refractivity contribution in [1.29, 1.82) is 0 Å². The zero-order valence-corrected chi connectivity index (χ0v) is 12.7. The summed E-state index contributed by atoms with van der Waals surface area (Å²) in [5.41, 5.74) is 0.311. The van der Waals surface area contributed by atoms with E-state index in [9.17, 15) is 4.79 Å². The second-order valence-corrected chi connectivity index (χ2v) is 5.72. The molecule has 110 valence electrons. The number of anilines is 1. The van der Waals surface area contributed by atoms with Crippen molar-refractivity contribution in [1.82, 2.24) is 10.3 Å². The third kappa shape index (κ3) is 4.10. The maximum atomic E-state index is 12.2. The van der Waals surface area contributed by atoms with Gasteiger partial charge in [-0.25, -0.2) is 4.98 Å². The molecule has 1 saturated carbocycles. The topological polar surface area (TPSA) is 54.0 Å². The molecule has 4 nitrogen and oxygen atoms in total. The van der Waals surface area contributed by atoms with E-state index in [4.69, 9.17) is 11.6 Å². The number of amides is 1. The van der Waals surface area contributed by atoms with Crippen molar-refractivity contribution in [2.24, 2.45) is 5.92 Å². The molecule has 1 heterocycles. The predicted octanol–water partition coefficient (Wildman–Crippen LogP) is 3.48. The molecule has 0 spiro atoms. The smallest absolute Gasteiger partial charge is 0.271 e. The molecular weight excluding hydrogens is 274 g/mol. The van der Waals surface area contributed by atoms with Gasteiger partial charge in [0.15, 0.2) is 0 Å². The third-order valence-corrected chi connectivity index (χ3v) is 3.95. The van der Waals surface area contributed by atoms with Gasteiger partial charge in [-0.05, 0) is 37.3 Å². The van der Waals surface area contributed by atoms with E-state index in [2.05, 4.69) is 22.5 Å². The fraction of sp³-hybridized carbons (Fsp3) is 0.600. The number of aromatic nitrogens is 1. The number of halogens is 1. The molecule has 5 heteroatoms. The van der Waals surface area contributed by atoms with E-state index in [1.54, 1.807) is 12.1 Å². The fourth-order valence-corrected chi connectivity index (χ4v) is 2.68. The van der Waals surface area contributed by atoms with Gasteiger partial charge in [0, 0.05) is 13.1 Å². The molecule has 2 N–H and O–H groups in total. The lowest BCUT2D eigenvalue weighted by atomic mass is 10.1. The van der Waals surface area contributed by atoms with E-state index in [1.165, 1.54) is 25.7 Å². The van der Waals surface area contributed by atoms with Crippen molar-refractivity contribution in [2.75, 3.05) is 18.4 Å². The van der Waals surface area contributed by atoms with Gasteiger partial charge in [-0.2, -0.15) is 0 Å². The number of nitrogens with one attached hydrogen (secondary N) is 2. The highest BCUT2D eigenvalue weighted by molar-refractivity contribution is 6.33. The van der Waals surface area contributed by atoms with Gasteiger partial charge >= 0.3 is 0 Å². The first-order chi connectivity index (χ1) is 9.70. The molecular formula is C15H22ClN3O. The number of rotatable bonds is 6. The molecule has 1 amide bonds. The first kappa shape index (κ1) is 15.1. The lowest BCUT2D eigenvalue weighted by molar-refractivity contribution is 0.0942. The Labute approximate surface area is 125 Å². The number of pyridine rings is 1. The van der Waals surface area contributed by atoms with Gasteiger partial charge < -0.3 is 10.6 Å². The monoisotopic (exact) mass is 295 g/mol. The number of hydrogen-bond donors (Lipinski definition) is 2. The lowest BCUT2D eigenvalue weighted by Crippen LogP contribution is -2.29. The van der Waals surface area contributed by atoms with Crippen LogP contribution in [0.4, 0.5) is 5.82 Å². The molecule has 1 aromatic rings. The minimum absolute atomic E-state index is 0.179. The van der Waals surface area contributed by atoms with Crippen LogP contribution in [0.2, 0.25) is 5.02 Å². The van der Waals surface area contributed by atoms with Crippen molar-refractivity contribution >= 4 is 23.3 Å². The minimum atomic E-state index is -0.179. The highest BCUT2D eigenvalue weighted by atomic mass is 35.5. The van der Waals surface area contributed by atoms with Crippen molar-refractivity contribution in [3.63, 3.8) is 0 Å². The summed E-state index contributed by atoms with van der Waals surface area (Å²) in [6.07, 6.45) is 5.97. The van der Waals surface area contributed by atoms with Crippen LogP contribution in [0.3, 0.4) is 0 Å². The van der Waals surface area contributed by atoms with E-state index in [0.29, 0.717) is 22.5 Å². The Balaban J connectivity index is 1.96. The Bertz CT molecular complexity index is 458. The summed E-state index contributed by atoms with van der Waals surface area (Å²) >= 11 is 6.07. The Kier molecular flexibility index (Phi) is 5.65. The maximum Gasteiger partial charge on any atom is 0.271 e. The first-order valence-electron chi connectivity index (χ1n) is 7.39. The Hall–Kier alpha value is -1.29. The average Bonchev–Trinajstić information content (AvgIpc) is 2.97. The second kappa shape index (κ2) is 7.48. The van der Waals surface area contributed by atoms with Crippen LogP contribution in [-0.4, -0.2) is 24.0 Å². The summed E-state index contributed by atoms with van der Waals surface area (Å²) in [5, 5.41) is 6.51. The van der Waals surface area contributed by atoms with E-state index in [-0.39, 0.29) is 5.91 Å². The quantitative estimate of drug-likeness (QED) is 0.845. The van der Waals surface area contributed by atoms with Crippen LogP contribution >= 0.6 is 11.6 Å². The maximum absolute atomic E-state index is 12.2. The summed E-state index contributed by atoms with van der Waals surface area (Å²) in [6, 6.07) is 3.52. The Morgan fingerprint density at radius 2 is 2.15 bits per heavy atom. The number of hydrogen-bond acceptors (Lipinski definition) is 3. The number of carbonyl (C=O) groups is 1. The summed E-state index contributed by atoms with van der Waals surface area (Å²) in [6.45, 7) is 3.64. The SMILES string of the molecule is CCCNc1ccc(Cl)c(C(=O)NCC2CCCC2)n1. The molecule has 1 aliphatic carbocycles. The van der Waals surface area contributed by atoms with Crippen LogP contribution in [0.1, 0.15) is 49.5 Å². The summed E-state index contributed by atoms with van der Waals surface area (Å²) in [7, 11) is 0. The molecule has 1 aliphatic rings. The van der Waals surface area contributed by atoms with Gasteiger partial charge in [0.2, 0.25) is 0 Å². The highest BCUT2D eigenvalue weighted by Crippen LogP contribution is 2.24. The average molecular weight is 296 g/mol. The van der Waals surface area contributed by atoms with E-state index in [1.807, 2.05) is 0 Å². The van der Waals surface area contributed by atoms with Crippen molar-refractivity contribution in [2.45, 2.75) is 39.0 Å². The molecule has 0 bridgehead atoms. The molecule has 2 rings (SSSR count). The van der Waals surface area contributed by atoms with E-state index < -0.39 is 0 Å². The van der Waals surface area contributed by atoms with Crippen molar-refractivity contribution in [3.05, 3.63) is 22.8 Å². The van der Waals surface area contributed by atoms with Gasteiger partial charge in [0.25, 0.3) is 5.91 Å². The molecule has 0 saturated heterocycles. The normalized spacial score (nSPS) is 15.3. The van der Waals surface area contributed by atoms with Gasteiger partial charge in [0.05, 0.1) is 5.02 Å².